The first-order valence-electron chi connectivity index (χ1n) is 37.7. The number of sulfonamides is 3. The Balaban J connectivity index is 0.000000117. The van der Waals surface area contributed by atoms with Crippen LogP contribution in [0.3, 0.4) is 0 Å². The van der Waals surface area contributed by atoms with Gasteiger partial charge in [0.2, 0.25) is 30.1 Å². The van der Waals surface area contributed by atoms with Gasteiger partial charge in [-0.3, -0.25) is 14.9 Å². The van der Waals surface area contributed by atoms with E-state index >= 15 is 0 Å². The third-order valence-electron chi connectivity index (χ3n) is 22.0. The van der Waals surface area contributed by atoms with Crippen molar-refractivity contribution < 1.29 is 50.1 Å². The Morgan fingerprint density at radius 1 is 0.514 bits per heavy atom. The highest BCUT2D eigenvalue weighted by Crippen LogP contribution is 2.41. The molecule has 109 heavy (non-hydrogen) atoms. The molecular formula is C74H89B4N17O11S3. The Bertz CT molecular complexity index is 5230. The zero-order valence-corrected chi connectivity index (χ0v) is 63.7. The van der Waals surface area contributed by atoms with E-state index in [-0.39, 0.29) is 53.1 Å². The van der Waals surface area contributed by atoms with Crippen LogP contribution >= 0.6 is 0 Å². The summed E-state index contributed by atoms with van der Waals surface area (Å²) < 4.78 is 84.9. The monoisotopic (exact) mass is 1530 g/mol. The second-order valence-electron chi connectivity index (χ2n) is 29.8. The number of allylic oxidation sites excluding steroid dienone is 2. The van der Waals surface area contributed by atoms with Crippen LogP contribution in [0.15, 0.2) is 143 Å². The maximum Gasteiger partial charge on any atom is 0.585 e. The summed E-state index contributed by atoms with van der Waals surface area (Å²) in [6, 6.07) is 25.7. The van der Waals surface area contributed by atoms with Gasteiger partial charge in [0.15, 0.2) is 0 Å². The van der Waals surface area contributed by atoms with Gasteiger partial charge < -0.3 is 50.4 Å². The van der Waals surface area contributed by atoms with Crippen molar-refractivity contribution in [3.05, 3.63) is 178 Å². The minimum absolute atomic E-state index is 0.0524. The van der Waals surface area contributed by atoms with Gasteiger partial charge in [-0.1, -0.05) is 106 Å². The first-order valence-corrected chi connectivity index (χ1v) is 42.6. The van der Waals surface area contributed by atoms with Gasteiger partial charge in [0.05, 0.1) is 51.5 Å². The summed E-state index contributed by atoms with van der Waals surface area (Å²) in [5, 5.41) is 66.4. The molecule has 6 aliphatic carbocycles. The molecule has 35 heteroatoms. The number of rotatable bonds is 21. The van der Waals surface area contributed by atoms with E-state index in [9.17, 15) is 45.3 Å². The Labute approximate surface area is 636 Å². The lowest BCUT2D eigenvalue weighted by molar-refractivity contribution is 0.0898. The second kappa shape index (κ2) is 31.9. The first kappa shape index (κ1) is 75.7. The van der Waals surface area contributed by atoms with E-state index in [1.165, 1.54) is 16.0 Å². The van der Waals surface area contributed by atoms with Gasteiger partial charge in [0.1, 0.15) is 11.3 Å². The molecule has 0 bridgehead atoms. The molecule has 4 fully saturated rings. The van der Waals surface area contributed by atoms with Crippen molar-refractivity contribution >= 4 is 137 Å². The highest BCUT2D eigenvalue weighted by Gasteiger charge is 2.46. The number of fused-ring (bicyclic) bond motifs is 12. The molecule has 0 atom stereocenters. The van der Waals surface area contributed by atoms with E-state index in [2.05, 4.69) is 153 Å². The minimum atomic E-state index is -3.21. The molecule has 0 spiro atoms. The number of hydrogen-bond acceptors (Lipinski definition) is 23. The molecule has 18 rings (SSSR count). The molecule has 10 aliphatic rings. The zero-order valence-electron chi connectivity index (χ0n) is 61.2. The quantitative estimate of drug-likeness (QED) is 0.0461. The van der Waals surface area contributed by atoms with E-state index in [1.54, 1.807) is 25.6 Å². The molecule has 566 valence electrons. The number of H-pyrrole nitrogens is 2. The smallest absolute Gasteiger partial charge is 0.428 e. The van der Waals surface area contributed by atoms with E-state index in [1.807, 2.05) is 63.6 Å². The largest absolute Gasteiger partial charge is 0.585 e. The van der Waals surface area contributed by atoms with Crippen LogP contribution in [0.4, 0.5) is 0 Å². The van der Waals surface area contributed by atoms with E-state index in [0.29, 0.717) is 80.7 Å². The van der Waals surface area contributed by atoms with Crippen LogP contribution in [-0.2, 0) is 60.8 Å². The summed E-state index contributed by atoms with van der Waals surface area (Å²) in [6.45, 7) is 7.43. The van der Waals surface area contributed by atoms with Crippen LogP contribution in [0, 0.1) is 23.7 Å². The lowest BCUT2D eigenvalue weighted by Gasteiger charge is -2.44. The fourth-order valence-electron chi connectivity index (χ4n) is 16.4. The van der Waals surface area contributed by atoms with Crippen molar-refractivity contribution in [1.82, 2.24) is 64.6 Å². The molecule has 0 amide bonds. The average Bonchev–Trinajstić information content (AvgIpc) is 1.73. The molecule has 0 saturated heterocycles. The fourth-order valence-corrected chi connectivity index (χ4v) is 20.4. The number of hydrogen-bond donors (Lipinski definition) is 11. The van der Waals surface area contributed by atoms with Crippen molar-refractivity contribution in [3.63, 3.8) is 0 Å². The van der Waals surface area contributed by atoms with Crippen LogP contribution in [0.2, 0.25) is 0 Å². The average molecular weight is 1530 g/mol. The Morgan fingerprint density at radius 2 is 0.927 bits per heavy atom. The van der Waals surface area contributed by atoms with E-state index in [0.717, 1.165) is 139 Å². The van der Waals surface area contributed by atoms with Crippen LogP contribution in [-0.4, -0.2) is 185 Å². The van der Waals surface area contributed by atoms with Crippen molar-refractivity contribution in [3.8, 4) is 0 Å². The number of aromatic amines is 2. The number of nitrogens with zero attached hydrogens (tertiary/aromatic N) is 10. The predicted octanol–water partition coefficient (Wildman–Crippen LogP) is 2.98. The lowest BCUT2D eigenvalue weighted by atomic mass is 9.65. The van der Waals surface area contributed by atoms with Crippen molar-refractivity contribution in [2.45, 2.75) is 141 Å². The number of oxime groups is 1. The molecule has 28 nitrogen and oxygen atoms in total. The van der Waals surface area contributed by atoms with Crippen LogP contribution in [0.1, 0.15) is 147 Å². The summed E-state index contributed by atoms with van der Waals surface area (Å²) in [7, 11) is -11.5. The van der Waals surface area contributed by atoms with E-state index in [4.69, 9.17) is 4.76 Å². The van der Waals surface area contributed by atoms with Gasteiger partial charge in [-0.2, -0.15) is 15.3 Å². The third-order valence-corrected chi connectivity index (χ3v) is 26.9. The standard InChI is InChI=1S/C27H27BN4O.C16H22BN5O3S.C16H20BN3O4S.C15H20BN5O3S/c33-28-24-16-29-25-13-7-12-23(25)26(24)27(30-31-28)21-14-22(15-21)32(17-19-8-3-1-4-9-19)18-20-10-5-2-6-11-20;1-3-6-26(24,25)21-11-7-10(8-11)15-14-12-4-5-18-16(12)19-9-13(14)17(23)22(2)20-15;1-2-6-25(22,23)20-11-7-10(8-11)16-15-12-4-3-5-14(12)18-9-13(15)17(21)24-19-16;1-2-5-25(23,24)20-10-6-9(7-10)14-13-11-3-4-17-15(11)18-8-12(13)16(22)21-19-14/h1-12,16,21-22,31,33H,13-15,17-18H2;4-5,9-11,21,23H,3,6-8H2,1-2H3,(H,18,19);3-4,9-11,20-21H,2,5-8H2,1H3;3-4,8-10,20-22H,2,5-7H2,1H3,(H,17,18). The highest BCUT2D eigenvalue weighted by molar-refractivity contribution is 7.90. The number of pyridine rings is 4. The second-order valence-corrected chi connectivity index (χ2v) is 35.4. The molecule has 6 aromatic heterocycles. The minimum Gasteiger partial charge on any atom is -0.428 e. The Morgan fingerprint density at radius 3 is 1.42 bits per heavy atom. The predicted molar refractivity (Wildman–Crippen MR) is 428 cm³/mol. The zero-order chi connectivity index (χ0) is 75.9. The van der Waals surface area contributed by atoms with Gasteiger partial charge >= 0.3 is 28.3 Å². The maximum absolute atomic E-state index is 12.0. The molecule has 0 unspecified atom stereocenters. The van der Waals surface area contributed by atoms with Gasteiger partial charge in [0.25, 0.3) is 0 Å². The number of hydrazone groups is 3. The van der Waals surface area contributed by atoms with Crippen molar-refractivity contribution in [2.75, 3.05) is 24.3 Å². The summed E-state index contributed by atoms with van der Waals surface area (Å²) in [4.78, 5) is 28.0. The highest BCUT2D eigenvalue weighted by atomic mass is 32.2. The van der Waals surface area contributed by atoms with Gasteiger partial charge in [-0.15, -0.1) is 5.16 Å². The maximum atomic E-state index is 12.0. The summed E-state index contributed by atoms with van der Waals surface area (Å²) in [6.07, 6.45) is 28.5. The van der Waals surface area contributed by atoms with Gasteiger partial charge in [-0.25, -0.2) is 49.4 Å². The van der Waals surface area contributed by atoms with Crippen molar-refractivity contribution in [2.24, 2.45) is 44.1 Å². The fraction of sp³-hybridized carbons (Fsp3) is 0.405. The topological polar surface area (TPSA) is 392 Å². The molecule has 10 heterocycles. The summed E-state index contributed by atoms with van der Waals surface area (Å²) in [5.41, 5.74) is 18.7. The van der Waals surface area contributed by atoms with Gasteiger partial charge in [0, 0.05) is 184 Å². The number of benzene rings is 2. The SMILES string of the molecule is CCCS(=O)(=O)NC1CC(C2=NN(C)B(O)c3cnc4[nH]ccc4c32)C1.CCCS(=O)(=O)NC1CC(C2=NNB(O)c3cnc4[nH]ccc4c32)C1.CCCS(=O)(=O)NC1CC(C2=NOB(O)c3cnc4c(c32)C=CC4)C1.OB1NN=C(C2CC(N(Cc3ccccc3)Cc3ccccc3)C2)c2c1cnc1c2C=CC1. The normalized spacial score (nSPS) is 22.6. The van der Waals surface area contributed by atoms with Crippen LogP contribution < -0.4 is 46.7 Å². The molecule has 0 radical (unpaired) electrons. The summed E-state index contributed by atoms with van der Waals surface area (Å²) in [5.74, 6) is 1.25. The molecular weight excluding hydrogens is 1440 g/mol. The lowest BCUT2D eigenvalue weighted by Crippen LogP contribution is -2.54. The van der Waals surface area contributed by atoms with Crippen LogP contribution in [0.25, 0.3) is 34.2 Å². The molecule has 4 saturated carbocycles. The van der Waals surface area contributed by atoms with Gasteiger partial charge in [-0.05, 0) is 93.9 Å². The molecule has 2 aromatic carbocycles. The van der Waals surface area contributed by atoms with Crippen LogP contribution in [0.5, 0.6) is 0 Å². The van der Waals surface area contributed by atoms with E-state index < -0.39 is 58.3 Å². The third kappa shape index (κ3) is 16.1. The Kier molecular flexibility index (Phi) is 22.2. The number of nitrogens with one attached hydrogen (secondary N) is 7. The number of aromatic nitrogens is 6. The molecule has 8 aromatic rings. The molecule has 11 N–H and O–H groups in total. The first-order chi connectivity index (χ1) is 52.6. The summed E-state index contributed by atoms with van der Waals surface area (Å²) >= 11 is 0. The molecule has 4 aliphatic heterocycles. The van der Waals surface area contributed by atoms with Crippen molar-refractivity contribution in [1.29, 1.82) is 0 Å². The Hall–Kier alpha value is -8.73.